The predicted octanol–water partition coefficient (Wildman–Crippen LogP) is 14.4. The third kappa shape index (κ3) is 4.74. The fourth-order valence-corrected chi connectivity index (χ4v) is 9.65. The summed E-state index contributed by atoms with van der Waals surface area (Å²) in [5.41, 5.74) is 8.29. The first kappa shape index (κ1) is 28.3. The van der Waals surface area contributed by atoms with Crippen LogP contribution in [0.1, 0.15) is 0 Å². The molecule has 0 aliphatic heterocycles. The van der Waals surface area contributed by atoms with Crippen molar-refractivity contribution in [3.05, 3.63) is 176 Å². The van der Waals surface area contributed by atoms with Gasteiger partial charge in [-0.1, -0.05) is 121 Å². The van der Waals surface area contributed by atoms with Crippen LogP contribution in [0.3, 0.4) is 0 Å². The zero-order chi connectivity index (χ0) is 32.3. The summed E-state index contributed by atoms with van der Waals surface area (Å²) in [7, 11) is 0. The van der Waals surface area contributed by atoms with E-state index in [1.54, 1.807) is 0 Å². The molecule has 8 aromatic carbocycles. The molecule has 0 spiro atoms. The first-order valence-corrected chi connectivity index (χ1v) is 18.2. The third-order valence-electron chi connectivity index (χ3n) is 9.64. The van der Waals surface area contributed by atoms with Crippen molar-refractivity contribution >= 4 is 90.9 Å². The molecule has 0 bridgehead atoms. The van der Waals surface area contributed by atoms with Crippen molar-refractivity contribution < 1.29 is 0 Å². The Morgan fingerprint density at radius 1 is 0.347 bits per heavy atom. The first-order valence-electron chi connectivity index (χ1n) is 16.6. The smallest absolute Gasteiger partial charge is 0.0540 e. The molecular formula is C46H29NS2. The van der Waals surface area contributed by atoms with Crippen molar-refractivity contribution in [1.29, 1.82) is 0 Å². The van der Waals surface area contributed by atoms with E-state index in [0.29, 0.717) is 0 Å². The molecule has 10 rings (SSSR count). The van der Waals surface area contributed by atoms with Gasteiger partial charge in [-0.05, 0) is 82.1 Å². The van der Waals surface area contributed by atoms with Gasteiger partial charge in [0.15, 0.2) is 0 Å². The van der Waals surface area contributed by atoms with Gasteiger partial charge in [0.05, 0.1) is 5.69 Å². The summed E-state index contributed by atoms with van der Waals surface area (Å²) in [4.78, 5) is 2.45. The molecular weight excluding hydrogens is 631 g/mol. The second kappa shape index (κ2) is 11.5. The predicted molar refractivity (Wildman–Crippen MR) is 215 cm³/mol. The molecule has 0 aliphatic rings. The van der Waals surface area contributed by atoms with E-state index in [-0.39, 0.29) is 0 Å². The minimum atomic E-state index is 1.13. The van der Waals surface area contributed by atoms with Crippen molar-refractivity contribution in [2.24, 2.45) is 0 Å². The molecule has 230 valence electrons. The van der Waals surface area contributed by atoms with Crippen LogP contribution < -0.4 is 4.90 Å². The Kier molecular flexibility index (Phi) is 6.61. The zero-order valence-electron chi connectivity index (χ0n) is 26.5. The maximum atomic E-state index is 2.45. The lowest BCUT2D eigenvalue weighted by Gasteiger charge is -2.28. The van der Waals surface area contributed by atoms with E-state index in [4.69, 9.17) is 0 Å². The molecule has 2 aromatic heterocycles. The molecule has 0 amide bonds. The Morgan fingerprint density at radius 2 is 0.980 bits per heavy atom. The Bertz CT molecular complexity index is 2860. The lowest BCUT2D eigenvalue weighted by Crippen LogP contribution is -2.11. The molecule has 0 saturated heterocycles. The molecule has 0 saturated carbocycles. The van der Waals surface area contributed by atoms with Gasteiger partial charge in [-0.15, -0.1) is 22.7 Å². The highest BCUT2D eigenvalue weighted by Gasteiger charge is 2.20. The van der Waals surface area contributed by atoms with Gasteiger partial charge in [0.25, 0.3) is 0 Å². The number of nitrogens with zero attached hydrogens (tertiary/aromatic N) is 1. The molecule has 2 heterocycles. The van der Waals surface area contributed by atoms with E-state index in [2.05, 4.69) is 181 Å². The normalized spacial score (nSPS) is 11.7. The van der Waals surface area contributed by atoms with Crippen molar-refractivity contribution in [2.75, 3.05) is 4.90 Å². The number of hydrogen-bond acceptors (Lipinski definition) is 3. The Hall–Kier alpha value is -5.74. The van der Waals surface area contributed by atoms with Crippen LogP contribution in [0, 0.1) is 0 Å². The lowest BCUT2D eigenvalue weighted by atomic mass is 9.97. The van der Waals surface area contributed by atoms with Crippen molar-refractivity contribution in [3.63, 3.8) is 0 Å². The van der Waals surface area contributed by atoms with Crippen LogP contribution in [-0.2, 0) is 0 Å². The van der Waals surface area contributed by atoms with Crippen LogP contribution in [0.25, 0.3) is 73.4 Å². The maximum Gasteiger partial charge on any atom is 0.0540 e. The van der Waals surface area contributed by atoms with Crippen LogP contribution in [0.5, 0.6) is 0 Å². The standard InChI is InChI=1S/C46H29NS2/c1-2-12-31-27-33(24-23-30(31)11-1)36-15-3-6-19-41(36)47(35-25-26-39-38-16-4-7-20-42(38)49-45(39)29-35)34-14-9-13-32(28-34)37-18-10-22-44-46(37)40-17-5-8-21-43(40)48-44/h1-29H. The SMILES string of the molecule is c1cc(-c2cccc3sc4ccccc4c23)cc(N(c2ccc3c(c2)sc2ccccc23)c2ccccc2-c2ccc3ccccc3c2)c1. The van der Waals surface area contributed by atoms with E-state index < -0.39 is 0 Å². The molecule has 0 unspecified atom stereocenters. The fraction of sp³-hybridized carbons (Fsp3) is 0. The van der Waals surface area contributed by atoms with Crippen LogP contribution in [-0.4, -0.2) is 0 Å². The highest BCUT2D eigenvalue weighted by atomic mass is 32.1. The maximum absolute atomic E-state index is 2.45. The highest BCUT2D eigenvalue weighted by molar-refractivity contribution is 7.26. The monoisotopic (exact) mass is 659 g/mol. The number of para-hydroxylation sites is 1. The van der Waals surface area contributed by atoms with Crippen LogP contribution in [0.4, 0.5) is 17.1 Å². The number of thiophene rings is 2. The topological polar surface area (TPSA) is 3.24 Å². The Balaban J connectivity index is 1.20. The molecule has 0 atom stereocenters. The van der Waals surface area contributed by atoms with Gasteiger partial charge in [-0.2, -0.15) is 0 Å². The molecule has 0 aliphatic carbocycles. The van der Waals surface area contributed by atoms with Gasteiger partial charge >= 0.3 is 0 Å². The van der Waals surface area contributed by atoms with Gasteiger partial charge in [0, 0.05) is 57.3 Å². The van der Waals surface area contributed by atoms with Gasteiger partial charge in [-0.3, -0.25) is 0 Å². The summed E-state index contributed by atoms with van der Waals surface area (Å²) in [6.07, 6.45) is 0. The Labute approximate surface area is 292 Å². The van der Waals surface area contributed by atoms with Gasteiger partial charge < -0.3 is 4.90 Å². The van der Waals surface area contributed by atoms with Crippen LogP contribution in [0.15, 0.2) is 176 Å². The van der Waals surface area contributed by atoms with Gasteiger partial charge in [-0.25, -0.2) is 0 Å². The van der Waals surface area contributed by atoms with E-state index in [1.807, 2.05) is 22.7 Å². The fourth-order valence-electron chi connectivity index (χ4n) is 7.38. The lowest BCUT2D eigenvalue weighted by molar-refractivity contribution is 1.29. The third-order valence-corrected chi connectivity index (χ3v) is 11.9. The number of rotatable bonds is 5. The number of benzene rings is 8. The van der Waals surface area contributed by atoms with Crippen LogP contribution in [0.2, 0.25) is 0 Å². The quantitative estimate of drug-likeness (QED) is 0.178. The van der Waals surface area contributed by atoms with Crippen molar-refractivity contribution in [3.8, 4) is 22.3 Å². The summed E-state index contributed by atoms with van der Waals surface area (Å²) in [6.45, 7) is 0. The van der Waals surface area contributed by atoms with Gasteiger partial charge in [0.1, 0.15) is 0 Å². The molecule has 10 aromatic rings. The van der Waals surface area contributed by atoms with E-state index in [1.165, 1.54) is 73.4 Å². The molecule has 49 heavy (non-hydrogen) atoms. The largest absolute Gasteiger partial charge is 0.310 e. The number of hydrogen-bond donors (Lipinski definition) is 0. The van der Waals surface area contributed by atoms with E-state index >= 15 is 0 Å². The van der Waals surface area contributed by atoms with Crippen molar-refractivity contribution in [1.82, 2.24) is 0 Å². The molecule has 1 nitrogen and oxygen atoms in total. The second-order valence-corrected chi connectivity index (χ2v) is 14.7. The Morgan fingerprint density at radius 3 is 1.90 bits per heavy atom. The average Bonchev–Trinajstić information content (AvgIpc) is 3.73. The molecule has 0 N–H and O–H groups in total. The summed E-state index contributed by atoms with van der Waals surface area (Å²) in [5, 5.41) is 7.75. The summed E-state index contributed by atoms with van der Waals surface area (Å²) < 4.78 is 5.25. The second-order valence-electron chi connectivity index (χ2n) is 12.5. The van der Waals surface area contributed by atoms with E-state index in [0.717, 1.165) is 17.1 Å². The summed E-state index contributed by atoms with van der Waals surface area (Å²) in [5.74, 6) is 0. The highest BCUT2D eigenvalue weighted by Crippen LogP contribution is 2.46. The van der Waals surface area contributed by atoms with Gasteiger partial charge in [0.2, 0.25) is 0 Å². The average molecular weight is 660 g/mol. The van der Waals surface area contributed by atoms with Crippen LogP contribution >= 0.6 is 22.7 Å². The van der Waals surface area contributed by atoms with E-state index in [9.17, 15) is 0 Å². The minimum absolute atomic E-state index is 1.13. The summed E-state index contributed by atoms with van der Waals surface area (Å²) >= 11 is 3.73. The molecule has 3 heteroatoms. The molecule has 0 radical (unpaired) electrons. The first-order chi connectivity index (χ1) is 24.3. The minimum Gasteiger partial charge on any atom is -0.310 e. The number of anilines is 3. The number of fused-ring (bicyclic) bond motifs is 7. The molecule has 0 fully saturated rings. The van der Waals surface area contributed by atoms with Crippen molar-refractivity contribution in [2.45, 2.75) is 0 Å². The summed E-state index contributed by atoms with van der Waals surface area (Å²) in [6, 6.07) is 64.5. The zero-order valence-corrected chi connectivity index (χ0v) is 28.1.